The lowest BCUT2D eigenvalue weighted by atomic mass is 10.2. The molecule has 0 bridgehead atoms. The number of aromatic nitrogens is 1. The van der Waals surface area contributed by atoms with Crippen LogP contribution in [0.5, 0.6) is 11.5 Å². The fourth-order valence-electron chi connectivity index (χ4n) is 2.01. The minimum atomic E-state index is 0.301. The molecule has 1 heterocycles. The molecule has 0 unspecified atom stereocenters. The van der Waals surface area contributed by atoms with Gasteiger partial charge in [0.1, 0.15) is 16.3 Å². The van der Waals surface area contributed by atoms with Gasteiger partial charge in [-0.1, -0.05) is 42.0 Å². The van der Waals surface area contributed by atoms with Crippen molar-refractivity contribution in [1.29, 1.82) is 0 Å². The quantitative estimate of drug-likeness (QED) is 0.732. The molecule has 0 radical (unpaired) electrons. The summed E-state index contributed by atoms with van der Waals surface area (Å²) >= 11 is 11.1. The zero-order valence-electron chi connectivity index (χ0n) is 10.9. The van der Waals surface area contributed by atoms with Gasteiger partial charge in [-0.15, -0.1) is 0 Å². The molecule has 3 rings (SSSR count). The van der Waals surface area contributed by atoms with E-state index in [4.69, 9.17) is 34.3 Å². The number of pyridine rings is 1. The second-order valence-electron chi connectivity index (χ2n) is 4.44. The molecule has 0 saturated heterocycles. The van der Waals surface area contributed by atoms with E-state index in [2.05, 4.69) is 4.98 Å². The number of para-hydroxylation sites is 1. The molecular formula is C16H11ClN2OS. The predicted octanol–water partition coefficient (Wildman–Crippen LogP) is 4.31. The number of nitrogens with zero attached hydrogens (tertiary/aromatic N) is 1. The molecule has 5 heteroatoms. The molecule has 0 saturated carbocycles. The maximum atomic E-state index is 6.21. The summed E-state index contributed by atoms with van der Waals surface area (Å²) in [6, 6.07) is 14.8. The summed E-state index contributed by atoms with van der Waals surface area (Å²) in [7, 11) is 0. The number of benzene rings is 2. The molecule has 0 aliphatic rings. The Kier molecular flexibility index (Phi) is 3.73. The van der Waals surface area contributed by atoms with Gasteiger partial charge in [0.2, 0.25) is 0 Å². The van der Waals surface area contributed by atoms with Crippen molar-refractivity contribution in [3.63, 3.8) is 0 Å². The Labute approximate surface area is 132 Å². The van der Waals surface area contributed by atoms with Crippen molar-refractivity contribution >= 4 is 39.7 Å². The monoisotopic (exact) mass is 314 g/mol. The summed E-state index contributed by atoms with van der Waals surface area (Å²) < 4.78 is 5.88. The van der Waals surface area contributed by atoms with E-state index in [0.717, 1.165) is 10.9 Å². The van der Waals surface area contributed by atoms with Crippen molar-refractivity contribution in [3.8, 4) is 11.5 Å². The number of hydrogen-bond acceptors (Lipinski definition) is 3. The molecule has 0 fully saturated rings. The first-order chi connectivity index (χ1) is 10.1. The highest BCUT2D eigenvalue weighted by molar-refractivity contribution is 7.80. The maximum absolute atomic E-state index is 6.21. The number of halogens is 1. The van der Waals surface area contributed by atoms with E-state index in [1.165, 1.54) is 0 Å². The summed E-state index contributed by atoms with van der Waals surface area (Å²) in [5.74, 6) is 1.19. The first kappa shape index (κ1) is 13.8. The van der Waals surface area contributed by atoms with Gasteiger partial charge in [-0.25, -0.2) is 0 Å². The van der Waals surface area contributed by atoms with Crippen LogP contribution in [-0.2, 0) is 0 Å². The van der Waals surface area contributed by atoms with Crippen molar-refractivity contribution in [1.82, 2.24) is 4.98 Å². The molecule has 0 aliphatic carbocycles. The largest absolute Gasteiger partial charge is 0.454 e. The molecule has 0 atom stereocenters. The van der Waals surface area contributed by atoms with Crippen molar-refractivity contribution in [2.75, 3.05) is 0 Å². The van der Waals surface area contributed by atoms with Gasteiger partial charge in [0.05, 0.1) is 5.02 Å². The summed E-state index contributed by atoms with van der Waals surface area (Å²) in [6.45, 7) is 0. The highest BCUT2D eigenvalue weighted by Crippen LogP contribution is 2.33. The molecule has 104 valence electrons. The van der Waals surface area contributed by atoms with E-state index >= 15 is 0 Å². The third kappa shape index (κ3) is 2.82. The van der Waals surface area contributed by atoms with E-state index in [1.54, 1.807) is 24.4 Å². The van der Waals surface area contributed by atoms with Gasteiger partial charge in [-0.3, -0.25) is 4.98 Å². The minimum Gasteiger partial charge on any atom is -0.454 e. The topological polar surface area (TPSA) is 48.1 Å². The summed E-state index contributed by atoms with van der Waals surface area (Å²) in [5, 5.41) is 1.46. The average molecular weight is 315 g/mol. The highest BCUT2D eigenvalue weighted by Gasteiger charge is 2.09. The Balaban J connectivity index is 2.01. The lowest BCUT2D eigenvalue weighted by molar-refractivity contribution is 0.487. The molecular weight excluding hydrogens is 304 g/mol. The third-order valence-corrected chi connectivity index (χ3v) is 3.56. The number of fused-ring (bicyclic) bond motifs is 1. The SMILES string of the molecule is NC(=S)c1ccc(Oc2cccc3cccnc23)c(Cl)c1. The van der Waals surface area contributed by atoms with Crippen LogP contribution in [0, 0.1) is 0 Å². The Bertz CT molecular complexity index is 830. The van der Waals surface area contributed by atoms with Crippen molar-refractivity contribution in [2.24, 2.45) is 5.73 Å². The molecule has 3 aromatic rings. The van der Waals surface area contributed by atoms with Crippen LogP contribution in [0.15, 0.2) is 54.7 Å². The van der Waals surface area contributed by atoms with Crippen LogP contribution in [0.1, 0.15) is 5.56 Å². The first-order valence-corrected chi connectivity index (χ1v) is 7.05. The molecule has 0 spiro atoms. The first-order valence-electron chi connectivity index (χ1n) is 6.26. The number of nitrogens with two attached hydrogens (primary N) is 1. The normalized spacial score (nSPS) is 10.5. The van der Waals surface area contributed by atoms with E-state index < -0.39 is 0 Å². The maximum Gasteiger partial charge on any atom is 0.153 e. The number of rotatable bonds is 3. The lowest BCUT2D eigenvalue weighted by Crippen LogP contribution is -2.08. The Hall–Kier alpha value is -2.17. The zero-order chi connectivity index (χ0) is 14.8. The van der Waals surface area contributed by atoms with Gasteiger partial charge < -0.3 is 10.5 Å². The summed E-state index contributed by atoms with van der Waals surface area (Å²) in [4.78, 5) is 4.65. The van der Waals surface area contributed by atoms with Crippen LogP contribution >= 0.6 is 23.8 Å². The van der Waals surface area contributed by atoms with Gasteiger partial charge in [0.15, 0.2) is 5.75 Å². The van der Waals surface area contributed by atoms with Gasteiger partial charge >= 0.3 is 0 Å². The van der Waals surface area contributed by atoms with E-state index in [1.807, 2.05) is 30.3 Å². The van der Waals surface area contributed by atoms with Gasteiger partial charge in [-0.2, -0.15) is 0 Å². The Morgan fingerprint density at radius 3 is 2.67 bits per heavy atom. The summed E-state index contributed by atoms with van der Waals surface area (Å²) in [5.41, 5.74) is 7.08. The molecule has 1 aromatic heterocycles. The number of hydrogen-bond donors (Lipinski definition) is 1. The van der Waals surface area contributed by atoms with Crippen LogP contribution in [0.3, 0.4) is 0 Å². The van der Waals surface area contributed by atoms with Crippen molar-refractivity contribution in [3.05, 3.63) is 65.3 Å². The van der Waals surface area contributed by atoms with Crippen LogP contribution < -0.4 is 10.5 Å². The molecule has 21 heavy (non-hydrogen) atoms. The van der Waals surface area contributed by atoms with Crippen molar-refractivity contribution < 1.29 is 4.74 Å². The minimum absolute atomic E-state index is 0.301. The Morgan fingerprint density at radius 2 is 1.90 bits per heavy atom. The van der Waals surface area contributed by atoms with E-state index in [-0.39, 0.29) is 0 Å². The lowest BCUT2D eigenvalue weighted by Gasteiger charge is -2.10. The van der Waals surface area contributed by atoms with Gasteiger partial charge in [-0.05, 0) is 30.3 Å². The van der Waals surface area contributed by atoms with Crippen molar-refractivity contribution in [2.45, 2.75) is 0 Å². The molecule has 2 N–H and O–H groups in total. The van der Waals surface area contributed by atoms with Gasteiger partial charge in [0, 0.05) is 17.1 Å². The smallest absolute Gasteiger partial charge is 0.153 e. The third-order valence-electron chi connectivity index (χ3n) is 3.03. The molecule has 3 nitrogen and oxygen atoms in total. The second-order valence-corrected chi connectivity index (χ2v) is 5.29. The molecule has 0 amide bonds. The van der Waals surface area contributed by atoms with E-state index in [0.29, 0.717) is 27.1 Å². The van der Waals surface area contributed by atoms with Crippen LogP contribution in [0.2, 0.25) is 5.02 Å². The van der Waals surface area contributed by atoms with E-state index in [9.17, 15) is 0 Å². The van der Waals surface area contributed by atoms with Gasteiger partial charge in [0.25, 0.3) is 0 Å². The zero-order valence-corrected chi connectivity index (χ0v) is 12.5. The number of ether oxygens (including phenoxy) is 1. The fraction of sp³-hybridized carbons (Fsp3) is 0. The molecule has 0 aliphatic heterocycles. The summed E-state index contributed by atoms with van der Waals surface area (Å²) in [6.07, 6.45) is 1.73. The average Bonchev–Trinajstić information content (AvgIpc) is 2.49. The Morgan fingerprint density at radius 1 is 1.10 bits per heavy atom. The second kappa shape index (κ2) is 5.68. The highest BCUT2D eigenvalue weighted by atomic mass is 35.5. The standard InChI is InChI=1S/C16H11ClN2OS/c17-12-9-11(16(18)21)6-7-13(12)20-14-5-1-3-10-4-2-8-19-15(10)14/h1-9H,(H2,18,21). The predicted molar refractivity (Wildman–Crippen MR) is 89.2 cm³/mol. The molecule has 2 aromatic carbocycles. The van der Waals surface area contributed by atoms with Crippen LogP contribution in [0.25, 0.3) is 10.9 Å². The van der Waals surface area contributed by atoms with Crippen LogP contribution in [0.4, 0.5) is 0 Å². The fourth-order valence-corrected chi connectivity index (χ4v) is 2.36. The van der Waals surface area contributed by atoms with Crippen LogP contribution in [-0.4, -0.2) is 9.97 Å². The number of thiocarbonyl (C=S) groups is 1.